The number of fused-ring (bicyclic) bond motifs is 1. The van der Waals surface area contributed by atoms with E-state index in [9.17, 15) is 9.36 Å². The Hall–Kier alpha value is -2.14. The molecule has 0 radical (unpaired) electrons. The van der Waals surface area contributed by atoms with Crippen molar-refractivity contribution in [1.82, 2.24) is 4.98 Å². The van der Waals surface area contributed by atoms with Crippen LogP contribution in [0.15, 0.2) is 24.3 Å². The second-order valence-corrected chi connectivity index (χ2v) is 7.90. The molecule has 0 saturated heterocycles. The van der Waals surface area contributed by atoms with Crippen molar-refractivity contribution in [3.05, 3.63) is 46.8 Å². The normalized spacial score (nSPS) is 15.7. The molecule has 1 aliphatic rings. The van der Waals surface area contributed by atoms with Crippen molar-refractivity contribution in [2.45, 2.75) is 13.8 Å². The molecule has 2 N–H and O–H groups in total. The van der Waals surface area contributed by atoms with Crippen molar-refractivity contribution >= 4 is 36.1 Å². The van der Waals surface area contributed by atoms with Crippen LogP contribution in [0.5, 0.6) is 0 Å². The second kappa shape index (κ2) is 6.06. The minimum Gasteiger partial charge on any atom is -0.359 e. The van der Waals surface area contributed by atoms with Gasteiger partial charge < -0.3 is 19.3 Å². The number of H-pyrrole nitrogens is 1. The van der Waals surface area contributed by atoms with Crippen molar-refractivity contribution in [3.8, 4) is 0 Å². The SMILES string of the molecule is COP(=O)(OC)c1ccc2c(c1)NC(=O)/C2=C/c1[nH]c(C)cc1C. The lowest BCUT2D eigenvalue weighted by molar-refractivity contribution is -0.110. The summed E-state index contributed by atoms with van der Waals surface area (Å²) in [5, 5.41) is 3.20. The van der Waals surface area contributed by atoms with Gasteiger partial charge >= 0.3 is 7.60 Å². The molecule has 24 heavy (non-hydrogen) atoms. The van der Waals surface area contributed by atoms with Gasteiger partial charge in [0.1, 0.15) is 0 Å². The zero-order chi connectivity index (χ0) is 17.5. The van der Waals surface area contributed by atoms with E-state index in [1.54, 1.807) is 18.2 Å². The fourth-order valence-electron chi connectivity index (χ4n) is 2.83. The molecular formula is C17H19N2O4P. The zero-order valence-electron chi connectivity index (χ0n) is 14.0. The van der Waals surface area contributed by atoms with Gasteiger partial charge in [-0.15, -0.1) is 0 Å². The first kappa shape index (κ1) is 16.7. The second-order valence-electron chi connectivity index (χ2n) is 5.65. The van der Waals surface area contributed by atoms with Gasteiger partial charge in [-0.3, -0.25) is 9.36 Å². The highest BCUT2D eigenvalue weighted by Crippen LogP contribution is 2.46. The summed E-state index contributed by atoms with van der Waals surface area (Å²) < 4.78 is 22.5. The first-order valence-corrected chi connectivity index (χ1v) is 8.98. The van der Waals surface area contributed by atoms with E-state index in [1.165, 1.54) is 14.2 Å². The predicted molar refractivity (Wildman–Crippen MR) is 94.5 cm³/mol. The van der Waals surface area contributed by atoms with E-state index in [4.69, 9.17) is 9.05 Å². The van der Waals surface area contributed by atoms with Crippen molar-refractivity contribution in [2.24, 2.45) is 0 Å². The molecule has 7 heteroatoms. The number of carbonyl (C=O) groups excluding carboxylic acids is 1. The number of rotatable bonds is 4. The van der Waals surface area contributed by atoms with Crippen LogP contribution in [-0.4, -0.2) is 25.1 Å². The first-order valence-electron chi connectivity index (χ1n) is 7.43. The van der Waals surface area contributed by atoms with Crippen LogP contribution in [0.3, 0.4) is 0 Å². The highest BCUT2D eigenvalue weighted by molar-refractivity contribution is 7.62. The van der Waals surface area contributed by atoms with Gasteiger partial charge in [-0.1, -0.05) is 6.07 Å². The quantitative estimate of drug-likeness (QED) is 0.658. The molecule has 1 aromatic carbocycles. The highest BCUT2D eigenvalue weighted by Gasteiger charge is 2.30. The zero-order valence-corrected chi connectivity index (χ0v) is 14.9. The van der Waals surface area contributed by atoms with E-state index >= 15 is 0 Å². The topological polar surface area (TPSA) is 80.4 Å². The van der Waals surface area contributed by atoms with Crippen LogP contribution in [0.2, 0.25) is 0 Å². The molecule has 0 aliphatic carbocycles. The Labute approximate surface area is 140 Å². The fourth-order valence-corrected chi connectivity index (χ4v) is 3.94. The number of aromatic nitrogens is 1. The molecule has 0 spiro atoms. The summed E-state index contributed by atoms with van der Waals surface area (Å²) >= 11 is 0. The molecule has 1 aromatic heterocycles. The Kier molecular flexibility index (Phi) is 4.22. The van der Waals surface area contributed by atoms with E-state index in [1.807, 2.05) is 26.0 Å². The van der Waals surface area contributed by atoms with Crippen LogP contribution in [0, 0.1) is 13.8 Å². The standard InChI is InChI=1S/C17H19N2O4P/c1-10-7-11(2)18-15(10)9-14-13-6-5-12(24(21,22-3)23-4)8-16(13)19-17(14)20/h5-9,18H,1-4H3,(H,19,20)/b14-9+. The highest BCUT2D eigenvalue weighted by atomic mass is 31.2. The fraction of sp³-hybridized carbons (Fsp3) is 0.235. The van der Waals surface area contributed by atoms with Gasteiger partial charge in [-0.25, -0.2) is 0 Å². The molecule has 2 aromatic rings. The maximum absolute atomic E-state index is 12.5. The van der Waals surface area contributed by atoms with Crippen molar-refractivity contribution in [1.29, 1.82) is 0 Å². The van der Waals surface area contributed by atoms with Gasteiger partial charge in [-0.05, 0) is 43.7 Å². The number of amides is 1. The maximum Gasteiger partial charge on any atom is 0.360 e. The number of aryl methyl sites for hydroxylation is 2. The molecule has 0 saturated carbocycles. The van der Waals surface area contributed by atoms with Gasteiger partial charge in [0.05, 0.1) is 10.9 Å². The van der Waals surface area contributed by atoms with E-state index in [-0.39, 0.29) is 5.91 Å². The molecular weight excluding hydrogens is 327 g/mol. The summed E-state index contributed by atoms with van der Waals surface area (Å²) in [6.45, 7) is 3.96. The minimum atomic E-state index is -3.35. The molecule has 3 rings (SSSR count). The van der Waals surface area contributed by atoms with Crippen LogP contribution >= 0.6 is 7.60 Å². The lowest BCUT2D eigenvalue weighted by Crippen LogP contribution is -2.09. The molecule has 0 bridgehead atoms. The van der Waals surface area contributed by atoms with Crippen molar-refractivity contribution in [3.63, 3.8) is 0 Å². The summed E-state index contributed by atoms with van der Waals surface area (Å²) in [5.41, 5.74) is 4.92. The average molecular weight is 346 g/mol. The molecule has 126 valence electrons. The van der Waals surface area contributed by atoms with Crippen LogP contribution in [-0.2, 0) is 18.4 Å². The summed E-state index contributed by atoms with van der Waals surface area (Å²) in [5.74, 6) is -0.196. The van der Waals surface area contributed by atoms with Crippen LogP contribution in [0.25, 0.3) is 11.6 Å². The number of hydrogen-bond donors (Lipinski definition) is 2. The Morgan fingerprint density at radius 3 is 2.42 bits per heavy atom. The Morgan fingerprint density at radius 1 is 1.12 bits per heavy atom. The summed E-state index contributed by atoms with van der Waals surface area (Å²) in [6.07, 6.45) is 1.83. The first-order chi connectivity index (χ1) is 11.4. The largest absolute Gasteiger partial charge is 0.360 e. The van der Waals surface area contributed by atoms with E-state index < -0.39 is 7.60 Å². The Morgan fingerprint density at radius 2 is 1.83 bits per heavy atom. The van der Waals surface area contributed by atoms with Crippen molar-refractivity contribution < 1.29 is 18.4 Å². The number of carbonyl (C=O) groups is 1. The third-order valence-electron chi connectivity index (χ3n) is 4.06. The van der Waals surface area contributed by atoms with E-state index in [0.717, 1.165) is 22.5 Å². The number of anilines is 1. The van der Waals surface area contributed by atoms with Gasteiger partial charge in [0, 0.05) is 36.9 Å². The lowest BCUT2D eigenvalue weighted by atomic mass is 10.1. The average Bonchev–Trinajstić information content (AvgIpc) is 3.05. The third-order valence-corrected chi connectivity index (χ3v) is 5.93. The van der Waals surface area contributed by atoms with Gasteiger partial charge in [0.2, 0.25) is 0 Å². The number of hydrogen-bond acceptors (Lipinski definition) is 4. The maximum atomic E-state index is 12.5. The summed E-state index contributed by atoms with van der Waals surface area (Å²) in [4.78, 5) is 15.6. The summed E-state index contributed by atoms with van der Waals surface area (Å²) in [7, 11) is -0.691. The number of benzene rings is 1. The number of aromatic amines is 1. The Balaban J connectivity index is 2.06. The lowest BCUT2D eigenvalue weighted by Gasteiger charge is -2.14. The van der Waals surface area contributed by atoms with Gasteiger partial charge in [-0.2, -0.15) is 0 Å². The summed E-state index contributed by atoms with van der Waals surface area (Å²) in [6, 6.07) is 7.07. The van der Waals surface area contributed by atoms with Gasteiger partial charge in [0.15, 0.2) is 0 Å². The van der Waals surface area contributed by atoms with E-state index in [2.05, 4.69) is 10.3 Å². The van der Waals surface area contributed by atoms with Gasteiger partial charge in [0.25, 0.3) is 5.91 Å². The molecule has 1 amide bonds. The molecule has 0 unspecified atom stereocenters. The van der Waals surface area contributed by atoms with Crippen LogP contribution < -0.4 is 10.6 Å². The molecule has 2 heterocycles. The van der Waals surface area contributed by atoms with Crippen LogP contribution in [0.4, 0.5) is 5.69 Å². The molecule has 6 nitrogen and oxygen atoms in total. The number of nitrogens with one attached hydrogen (secondary N) is 2. The minimum absolute atomic E-state index is 0.196. The predicted octanol–water partition coefficient (Wildman–Crippen LogP) is 3.24. The van der Waals surface area contributed by atoms with E-state index in [0.29, 0.717) is 16.6 Å². The molecule has 0 atom stereocenters. The van der Waals surface area contributed by atoms with Crippen molar-refractivity contribution in [2.75, 3.05) is 19.5 Å². The molecule has 1 aliphatic heterocycles. The molecule has 0 fully saturated rings. The third kappa shape index (κ3) is 2.73. The smallest absolute Gasteiger partial charge is 0.359 e. The Bertz CT molecular complexity index is 890. The van der Waals surface area contributed by atoms with Crippen LogP contribution in [0.1, 0.15) is 22.5 Å². The monoisotopic (exact) mass is 346 g/mol.